The summed E-state index contributed by atoms with van der Waals surface area (Å²) in [5, 5.41) is 0. The third-order valence-corrected chi connectivity index (χ3v) is 2.56. The number of nitrogens with zero attached hydrogens (tertiary/aromatic N) is 1. The molecular formula is C16H16N2O3. The van der Waals surface area contributed by atoms with Gasteiger partial charge in [-0.1, -0.05) is 12.1 Å². The monoisotopic (exact) mass is 284 g/mol. The van der Waals surface area contributed by atoms with Crippen molar-refractivity contribution in [3.8, 4) is 11.6 Å². The minimum atomic E-state index is -0.357. The minimum absolute atomic E-state index is 0.357. The van der Waals surface area contributed by atoms with Crippen molar-refractivity contribution in [1.29, 1.82) is 0 Å². The molecule has 2 aromatic rings. The number of ether oxygens (including phenoxy) is 2. The molecule has 5 heteroatoms. The molecule has 0 radical (unpaired) electrons. The van der Waals surface area contributed by atoms with Crippen molar-refractivity contribution in [3.05, 3.63) is 54.2 Å². The minimum Gasteiger partial charge on any atom is -0.463 e. The molecule has 1 heterocycles. The van der Waals surface area contributed by atoms with Gasteiger partial charge in [-0.15, -0.1) is 0 Å². The summed E-state index contributed by atoms with van der Waals surface area (Å²) in [6, 6.07) is 10.7. The molecule has 0 saturated heterocycles. The Kier molecular flexibility index (Phi) is 4.93. The lowest BCUT2D eigenvalue weighted by Crippen LogP contribution is -1.98. The number of esters is 1. The van der Waals surface area contributed by atoms with Crippen LogP contribution in [0, 0.1) is 0 Å². The Labute approximate surface area is 123 Å². The van der Waals surface area contributed by atoms with Gasteiger partial charge in [0.05, 0.1) is 18.5 Å². The first-order valence-electron chi connectivity index (χ1n) is 6.51. The molecule has 5 nitrogen and oxygen atoms in total. The lowest BCUT2D eigenvalue weighted by Gasteiger charge is -2.04. The predicted molar refractivity (Wildman–Crippen MR) is 80.8 cm³/mol. The Morgan fingerprint density at radius 2 is 2.00 bits per heavy atom. The lowest BCUT2D eigenvalue weighted by atomic mass is 10.2. The Morgan fingerprint density at radius 3 is 2.62 bits per heavy atom. The Hall–Kier alpha value is -2.82. The second-order valence-electron chi connectivity index (χ2n) is 4.19. The first-order chi connectivity index (χ1) is 10.2. The number of carbonyl (C=O) groups is 1. The van der Waals surface area contributed by atoms with E-state index in [1.54, 1.807) is 37.3 Å². The van der Waals surface area contributed by atoms with Crippen LogP contribution in [0.2, 0.25) is 0 Å². The fourth-order valence-corrected chi connectivity index (χ4v) is 1.57. The van der Waals surface area contributed by atoms with Crippen molar-refractivity contribution in [2.45, 2.75) is 6.92 Å². The van der Waals surface area contributed by atoms with Gasteiger partial charge < -0.3 is 15.2 Å². The van der Waals surface area contributed by atoms with Crippen molar-refractivity contribution in [2.24, 2.45) is 0 Å². The van der Waals surface area contributed by atoms with E-state index in [4.69, 9.17) is 15.2 Å². The highest BCUT2D eigenvalue weighted by Crippen LogP contribution is 2.20. The normalized spacial score (nSPS) is 10.5. The van der Waals surface area contributed by atoms with Crippen LogP contribution in [0.15, 0.2) is 48.7 Å². The molecule has 2 N–H and O–H groups in total. The van der Waals surface area contributed by atoms with Gasteiger partial charge in [-0.3, -0.25) is 0 Å². The standard InChI is InChI=1S/C16H16N2O3/c1-2-20-16(19)10-5-12-3-7-14(8-4-12)21-15-9-6-13(17)11-18-15/h3-11H,2,17H2,1H3/b10-5+. The van der Waals surface area contributed by atoms with Gasteiger partial charge in [-0.25, -0.2) is 9.78 Å². The van der Waals surface area contributed by atoms with E-state index < -0.39 is 0 Å². The van der Waals surface area contributed by atoms with Crippen molar-refractivity contribution in [1.82, 2.24) is 4.98 Å². The van der Waals surface area contributed by atoms with Gasteiger partial charge in [0.1, 0.15) is 5.75 Å². The van der Waals surface area contributed by atoms with Crippen molar-refractivity contribution >= 4 is 17.7 Å². The Balaban J connectivity index is 1.98. The van der Waals surface area contributed by atoms with E-state index in [-0.39, 0.29) is 5.97 Å². The van der Waals surface area contributed by atoms with Gasteiger partial charge in [0.25, 0.3) is 0 Å². The summed E-state index contributed by atoms with van der Waals surface area (Å²) in [5.74, 6) is 0.767. The Bertz CT molecular complexity index is 619. The fourth-order valence-electron chi connectivity index (χ4n) is 1.57. The molecule has 0 aliphatic rings. The maximum absolute atomic E-state index is 11.2. The molecule has 0 fully saturated rings. The first kappa shape index (κ1) is 14.6. The number of rotatable bonds is 5. The van der Waals surface area contributed by atoms with Crippen LogP contribution < -0.4 is 10.5 Å². The molecule has 1 aromatic carbocycles. The highest BCUT2D eigenvalue weighted by molar-refractivity contribution is 5.87. The molecule has 0 aliphatic heterocycles. The zero-order chi connectivity index (χ0) is 15.1. The number of carbonyl (C=O) groups excluding carboxylic acids is 1. The highest BCUT2D eigenvalue weighted by atomic mass is 16.5. The van der Waals surface area contributed by atoms with E-state index in [0.29, 0.717) is 23.9 Å². The molecule has 21 heavy (non-hydrogen) atoms. The molecule has 0 amide bonds. The van der Waals surface area contributed by atoms with Gasteiger partial charge in [0.2, 0.25) is 5.88 Å². The van der Waals surface area contributed by atoms with Crippen LogP contribution in [-0.4, -0.2) is 17.6 Å². The van der Waals surface area contributed by atoms with E-state index >= 15 is 0 Å². The number of hydrogen-bond acceptors (Lipinski definition) is 5. The van der Waals surface area contributed by atoms with Crippen molar-refractivity contribution < 1.29 is 14.3 Å². The van der Waals surface area contributed by atoms with Crippen LogP contribution in [0.25, 0.3) is 6.08 Å². The maximum atomic E-state index is 11.2. The molecular weight excluding hydrogens is 268 g/mol. The molecule has 0 spiro atoms. The van der Waals surface area contributed by atoms with Crippen LogP contribution in [0.3, 0.4) is 0 Å². The van der Waals surface area contributed by atoms with Crippen LogP contribution >= 0.6 is 0 Å². The van der Waals surface area contributed by atoms with Crippen molar-refractivity contribution in [3.63, 3.8) is 0 Å². The topological polar surface area (TPSA) is 74.4 Å². The average molecular weight is 284 g/mol. The third-order valence-electron chi connectivity index (χ3n) is 2.56. The molecule has 1 aromatic heterocycles. The van der Waals surface area contributed by atoms with Crippen LogP contribution in [0.1, 0.15) is 12.5 Å². The van der Waals surface area contributed by atoms with Gasteiger partial charge >= 0.3 is 5.97 Å². The van der Waals surface area contributed by atoms with Gasteiger partial charge in [0.15, 0.2) is 0 Å². The molecule has 0 aliphatic carbocycles. The van der Waals surface area contributed by atoms with E-state index in [0.717, 1.165) is 5.56 Å². The highest BCUT2D eigenvalue weighted by Gasteiger charge is 1.99. The maximum Gasteiger partial charge on any atom is 0.330 e. The van der Waals surface area contributed by atoms with E-state index in [1.807, 2.05) is 12.1 Å². The van der Waals surface area contributed by atoms with Gasteiger partial charge in [0, 0.05) is 12.1 Å². The number of pyridine rings is 1. The summed E-state index contributed by atoms with van der Waals surface area (Å²) >= 11 is 0. The average Bonchev–Trinajstić information content (AvgIpc) is 2.49. The van der Waals surface area contributed by atoms with E-state index in [2.05, 4.69) is 4.98 Å². The SMILES string of the molecule is CCOC(=O)/C=C/c1ccc(Oc2ccc(N)cn2)cc1. The summed E-state index contributed by atoms with van der Waals surface area (Å²) in [5.41, 5.74) is 7.02. The summed E-state index contributed by atoms with van der Waals surface area (Å²) in [6.07, 6.45) is 4.61. The zero-order valence-corrected chi connectivity index (χ0v) is 11.7. The molecule has 0 bridgehead atoms. The fraction of sp³-hybridized carbons (Fsp3) is 0.125. The van der Waals surface area contributed by atoms with Crippen LogP contribution in [0.4, 0.5) is 5.69 Å². The summed E-state index contributed by atoms with van der Waals surface area (Å²) in [6.45, 7) is 2.13. The smallest absolute Gasteiger partial charge is 0.330 e. The molecule has 0 atom stereocenters. The largest absolute Gasteiger partial charge is 0.463 e. The van der Waals surface area contributed by atoms with Crippen LogP contribution in [-0.2, 0) is 9.53 Å². The number of hydrogen-bond donors (Lipinski definition) is 1. The van der Waals surface area contributed by atoms with Crippen molar-refractivity contribution in [2.75, 3.05) is 12.3 Å². The van der Waals surface area contributed by atoms with E-state index in [1.165, 1.54) is 12.3 Å². The summed E-state index contributed by atoms with van der Waals surface area (Å²) in [4.78, 5) is 15.3. The number of anilines is 1. The zero-order valence-electron chi connectivity index (χ0n) is 11.7. The second kappa shape index (κ2) is 7.09. The summed E-state index contributed by atoms with van der Waals surface area (Å²) < 4.78 is 10.4. The summed E-state index contributed by atoms with van der Waals surface area (Å²) in [7, 11) is 0. The molecule has 108 valence electrons. The quantitative estimate of drug-likeness (QED) is 0.674. The first-order valence-corrected chi connectivity index (χ1v) is 6.51. The lowest BCUT2D eigenvalue weighted by molar-refractivity contribution is -0.137. The predicted octanol–water partition coefficient (Wildman–Crippen LogP) is 3.03. The number of benzene rings is 1. The number of nitrogen functional groups attached to an aromatic ring is 1. The molecule has 0 saturated carbocycles. The number of aromatic nitrogens is 1. The van der Waals surface area contributed by atoms with E-state index in [9.17, 15) is 4.79 Å². The third kappa shape index (κ3) is 4.65. The Morgan fingerprint density at radius 1 is 1.24 bits per heavy atom. The number of nitrogens with two attached hydrogens (primary N) is 1. The second-order valence-corrected chi connectivity index (χ2v) is 4.19. The van der Waals surface area contributed by atoms with Gasteiger partial charge in [-0.2, -0.15) is 0 Å². The van der Waals surface area contributed by atoms with Gasteiger partial charge in [-0.05, 0) is 36.8 Å². The molecule has 0 unspecified atom stereocenters. The molecule has 2 rings (SSSR count). The van der Waals surface area contributed by atoms with Crippen LogP contribution in [0.5, 0.6) is 11.6 Å².